The molecule has 0 radical (unpaired) electrons. The summed E-state index contributed by atoms with van der Waals surface area (Å²) in [4.78, 5) is 14.4. The van der Waals surface area contributed by atoms with E-state index in [2.05, 4.69) is 26.1 Å². The standard InChI is InChI=1S/C12H22N2O/c1-9-7-14(8-10(9)2)11(15)12(3)5-4-6-13-12/h9-10,13H,4-8H2,1-3H3. The molecule has 2 aliphatic heterocycles. The van der Waals surface area contributed by atoms with Gasteiger partial charge in [-0.15, -0.1) is 0 Å². The first-order chi connectivity index (χ1) is 7.03. The zero-order chi connectivity index (χ0) is 11.1. The first-order valence-corrected chi connectivity index (χ1v) is 6.07. The normalized spacial score (nSPS) is 41.1. The summed E-state index contributed by atoms with van der Waals surface area (Å²) in [5.41, 5.74) is -0.274. The zero-order valence-electron chi connectivity index (χ0n) is 10.0. The van der Waals surface area contributed by atoms with Crippen LogP contribution in [0.3, 0.4) is 0 Å². The molecular weight excluding hydrogens is 188 g/mol. The largest absolute Gasteiger partial charge is 0.341 e. The van der Waals surface area contributed by atoms with Crippen molar-refractivity contribution in [3.63, 3.8) is 0 Å². The van der Waals surface area contributed by atoms with Gasteiger partial charge in [0.15, 0.2) is 0 Å². The molecule has 2 aliphatic rings. The molecule has 15 heavy (non-hydrogen) atoms. The molecule has 3 heteroatoms. The summed E-state index contributed by atoms with van der Waals surface area (Å²) in [5, 5.41) is 3.35. The van der Waals surface area contributed by atoms with Gasteiger partial charge in [-0.25, -0.2) is 0 Å². The van der Waals surface area contributed by atoms with Gasteiger partial charge in [-0.2, -0.15) is 0 Å². The highest BCUT2D eigenvalue weighted by atomic mass is 16.2. The third-order valence-electron chi connectivity index (χ3n) is 4.12. The van der Waals surface area contributed by atoms with Crippen LogP contribution in [0.25, 0.3) is 0 Å². The summed E-state index contributed by atoms with van der Waals surface area (Å²) in [7, 11) is 0. The van der Waals surface area contributed by atoms with Crippen LogP contribution in [0.5, 0.6) is 0 Å². The van der Waals surface area contributed by atoms with Gasteiger partial charge in [-0.3, -0.25) is 4.79 Å². The van der Waals surface area contributed by atoms with Crippen molar-refractivity contribution in [2.45, 2.75) is 39.2 Å². The average molecular weight is 210 g/mol. The Morgan fingerprint density at radius 3 is 2.40 bits per heavy atom. The summed E-state index contributed by atoms with van der Waals surface area (Å²) >= 11 is 0. The maximum absolute atomic E-state index is 12.3. The molecule has 2 saturated heterocycles. The van der Waals surface area contributed by atoms with E-state index in [1.54, 1.807) is 0 Å². The molecule has 2 rings (SSSR count). The monoisotopic (exact) mass is 210 g/mol. The van der Waals surface area contributed by atoms with Gasteiger partial charge in [0.25, 0.3) is 0 Å². The number of hydrogen-bond acceptors (Lipinski definition) is 2. The van der Waals surface area contributed by atoms with E-state index in [9.17, 15) is 4.79 Å². The van der Waals surface area contributed by atoms with E-state index < -0.39 is 0 Å². The molecule has 0 spiro atoms. The van der Waals surface area contributed by atoms with Crippen molar-refractivity contribution in [3.8, 4) is 0 Å². The Balaban J connectivity index is 2.02. The summed E-state index contributed by atoms with van der Waals surface area (Å²) in [6.45, 7) is 9.40. The highest BCUT2D eigenvalue weighted by molar-refractivity contribution is 5.86. The Morgan fingerprint density at radius 1 is 1.33 bits per heavy atom. The molecule has 3 unspecified atom stereocenters. The highest BCUT2D eigenvalue weighted by Gasteiger charge is 2.41. The van der Waals surface area contributed by atoms with E-state index in [0.29, 0.717) is 17.7 Å². The quantitative estimate of drug-likeness (QED) is 0.706. The molecule has 2 heterocycles. The van der Waals surface area contributed by atoms with Crippen molar-refractivity contribution in [1.29, 1.82) is 0 Å². The number of amides is 1. The second-order valence-corrected chi connectivity index (χ2v) is 5.53. The lowest BCUT2D eigenvalue weighted by atomic mass is 9.98. The molecule has 2 fully saturated rings. The summed E-state index contributed by atoms with van der Waals surface area (Å²) in [5.74, 6) is 1.62. The summed E-state index contributed by atoms with van der Waals surface area (Å²) < 4.78 is 0. The predicted octanol–water partition coefficient (Wildman–Crippen LogP) is 1.24. The maximum atomic E-state index is 12.3. The Labute approximate surface area is 92.2 Å². The number of nitrogens with one attached hydrogen (secondary N) is 1. The lowest BCUT2D eigenvalue weighted by molar-refractivity contribution is -0.136. The van der Waals surface area contributed by atoms with Crippen LogP contribution in [0, 0.1) is 11.8 Å². The van der Waals surface area contributed by atoms with Gasteiger partial charge < -0.3 is 10.2 Å². The van der Waals surface area contributed by atoms with Gasteiger partial charge in [0, 0.05) is 13.1 Å². The van der Waals surface area contributed by atoms with Crippen molar-refractivity contribution < 1.29 is 4.79 Å². The molecule has 0 aromatic carbocycles. The fourth-order valence-corrected chi connectivity index (χ4v) is 2.72. The SMILES string of the molecule is CC1CN(C(=O)C2(C)CCCN2)CC1C. The smallest absolute Gasteiger partial charge is 0.242 e. The van der Waals surface area contributed by atoms with Crippen molar-refractivity contribution in [2.75, 3.05) is 19.6 Å². The first kappa shape index (κ1) is 10.9. The first-order valence-electron chi connectivity index (χ1n) is 6.07. The Bertz CT molecular complexity index is 248. The second-order valence-electron chi connectivity index (χ2n) is 5.53. The Morgan fingerprint density at radius 2 is 1.93 bits per heavy atom. The third kappa shape index (κ3) is 1.89. The molecule has 1 N–H and O–H groups in total. The van der Waals surface area contributed by atoms with Crippen LogP contribution in [0.4, 0.5) is 0 Å². The van der Waals surface area contributed by atoms with Gasteiger partial charge in [0.2, 0.25) is 5.91 Å². The summed E-state index contributed by atoms with van der Waals surface area (Å²) in [6, 6.07) is 0. The summed E-state index contributed by atoms with van der Waals surface area (Å²) in [6.07, 6.45) is 2.12. The van der Waals surface area contributed by atoms with Crippen molar-refractivity contribution in [2.24, 2.45) is 11.8 Å². The number of nitrogens with zero attached hydrogens (tertiary/aromatic N) is 1. The van der Waals surface area contributed by atoms with Crippen LogP contribution in [0.15, 0.2) is 0 Å². The molecule has 0 saturated carbocycles. The van der Waals surface area contributed by atoms with Crippen molar-refractivity contribution in [1.82, 2.24) is 10.2 Å². The van der Waals surface area contributed by atoms with Gasteiger partial charge in [-0.05, 0) is 38.1 Å². The molecule has 86 valence electrons. The van der Waals surface area contributed by atoms with Crippen LogP contribution in [0.1, 0.15) is 33.6 Å². The molecule has 0 aromatic rings. The van der Waals surface area contributed by atoms with E-state index in [0.717, 1.165) is 32.5 Å². The number of carbonyl (C=O) groups excluding carboxylic acids is 1. The molecule has 1 amide bonds. The van der Waals surface area contributed by atoms with Gasteiger partial charge >= 0.3 is 0 Å². The Kier molecular flexibility index (Phi) is 2.75. The minimum Gasteiger partial charge on any atom is -0.341 e. The molecule has 3 nitrogen and oxygen atoms in total. The van der Waals surface area contributed by atoms with E-state index in [4.69, 9.17) is 0 Å². The maximum Gasteiger partial charge on any atom is 0.242 e. The fourth-order valence-electron chi connectivity index (χ4n) is 2.72. The van der Waals surface area contributed by atoms with Gasteiger partial charge in [-0.1, -0.05) is 13.8 Å². The predicted molar refractivity (Wildman–Crippen MR) is 60.5 cm³/mol. The van der Waals surface area contributed by atoms with E-state index in [1.807, 2.05) is 4.90 Å². The van der Waals surface area contributed by atoms with Gasteiger partial charge in [0.05, 0.1) is 5.54 Å². The van der Waals surface area contributed by atoms with Crippen LogP contribution in [0.2, 0.25) is 0 Å². The number of likely N-dealkylation sites (tertiary alicyclic amines) is 1. The zero-order valence-corrected chi connectivity index (χ0v) is 10.0. The lowest BCUT2D eigenvalue weighted by Gasteiger charge is -2.29. The van der Waals surface area contributed by atoms with Crippen molar-refractivity contribution in [3.05, 3.63) is 0 Å². The average Bonchev–Trinajstić information content (AvgIpc) is 2.75. The Hall–Kier alpha value is -0.570. The molecular formula is C12H22N2O. The van der Waals surface area contributed by atoms with Crippen LogP contribution < -0.4 is 5.32 Å². The number of rotatable bonds is 1. The minimum atomic E-state index is -0.274. The minimum absolute atomic E-state index is 0.274. The van der Waals surface area contributed by atoms with Crippen LogP contribution >= 0.6 is 0 Å². The fraction of sp³-hybridized carbons (Fsp3) is 0.917. The van der Waals surface area contributed by atoms with E-state index >= 15 is 0 Å². The van der Waals surface area contributed by atoms with Crippen LogP contribution in [-0.2, 0) is 4.79 Å². The lowest BCUT2D eigenvalue weighted by Crippen LogP contribution is -2.52. The molecule has 3 atom stereocenters. The number of carbonyl (C=O) groups is 1. The third-order valence-corrected chi connectivity index (χ3v) is 4.12. The van der Waals surface area contributed by atoms with E-state index in [-0.39, 0.29) is 5.54 Å². The second kappa shape index (κ2) is 3.78. The van der Waals surface area contributed by atoms with Crippen LogP contribution in [-0.4, -0.2) is 36.0 Å². The highest BCUT2D eigenvalue weighted by Crippen LogP contribution is 2.27. The van der Waals surface area contributed by atoms with Crippen molar-refractivity contribution >= 4 is 5.91 Å². The van der Waals surface area contributed by atoms with Gasteiger partial charge in [0.1, 0.15) is 0 Å². The molecule has 0 aliphatic carbocycles. The molecule has 0 bridgehead atoms. The topological polar surface area (TPSA) is 32.3 Å². The molecule has 0 aromatic heterocycles. The number of hydrogen-bond donors (Lipinski definition) is 1. The van der Waals surface area contributed by atoms with E-state index in [1.165, 1.54) is 0 Å².